The van der Waals surface area contributed by atoms with Gasteiger partial charge in [-0.1, -0.05) is 6.07 Å². The maximum Gasteiger partial charge on any atom is 0.275 e. The summed E-state index contributed by atoms with van der Waals surface area (Å²) in [5, 5.41) is 14.8. The number of halogens is 1. The van der Waals surface area contributed by atoms with E-state index in [-0.39, 0.29) is 23.5 Å². The Hall–Kier alpha value is -3.07. The molecular formula is C20H20FN5O2S. The maximum atomic E-state index is 13.7. The quantitative estimate of drug-likeness (QED) is 0.596. The monoisotopic (exact) mass is 413 g/mol. The molecule has 0 fully saturated rings. The van der Waals surface area contributed by atoms with E-state index < -0.39 is 5.91 Å². The highest BCUT2D eigenvalue weighted by Crippen LogP contribution is 2.24. The van der Waals surface area contributed by atoms with Crippen LogP contribution in [0.2, 0.25) is 0 Å². The van der Waals surface area contributed by atoms with Gasteiger partial charge in [-0.05, 0) is 45.2 Å². The van der Waals surface area contributed by atoms with Gasteiger partial charge in [-0.3, -0.25) is 14.7 Å². The van der Waals surface area contributed by atoms with Crippen molar-refractivity contribution in [2.45, 2.75) is 39.2 Å². The Morgan fingerprint density at radius 3 is 2.93 bits per heavy atom. The number of carbonyl (C=O) groups is 2. The molecule has 2 heterocycles. The van der Waals surface area contributed by atoms with Crippen LogP contribution in [-0.4, -0.2) is 27.0 Å². The smallest absolute Gasteiger partial charge is 0.275 e. The zero-order valence-electron chi connectivity index (χ0n) is 16.0. The average Bonchev–Trinajstić information content (AvgIpc) is 3.41. The summed E-state index contributed by atoms with van der Waals surface area (Å²) in [5.41, 5.74) is 3.43. The minimum Gasteiger partial charge on any atom is -0.342 e. The summed E-state index contributed by atoms with van der Waals surface area (Å²) in [6.45, 7) is 3.41. The molecule has 0 unspecified atom stereocenters. The van der Waals surface area contributed by atoms with Crippen LogP contribution in [0.1, 0.15) is 62.2 Å². The molecule has 0 saturated carbocycles. The van der Waals surface area contributed by atoms with E-state index in [2.05, 4.69) is 25.8 Å². The number of H-pyrrole nitrogens is 1. The van der Waals surface area contributed by atoms with Gasteiger partial charge in [0.2, 0.25) is 0 Å². The van der Waals surface area contributed by atoms with E-state index >= 15 is 0 Å². The van der Waals surface area contributed by atoms with Crippen molar-refractivity contribution in [3.63, 3.8) is 0 Å². The molecule has 0 bridgehead atoms. The number of aromatic amines is 1. The highest BCUT2D eigenvalue weighted by atomic mass is 32.1. The van der Waals surface area contributed by atoms with Crippen LogP contribution in [0.3, 0.4) is 0 Å². The highest BCUT2D eigenvalue weighted by Gasteiger charge is 2.25. The molecule has 0 aliphatic heterocycles. The second-order valence-electron chi connectivity index (χ2n) is 7.02. The first-order valence-electron chi connectivity index (χ1n) is 9.33. The van der Waals surface area contributed by atoms with Crippen LogP contribution >= 0.6 is 11.3 Å². The van der Waals surface area contributed by atoms with Crippen LogP contribution in [0.25, 0.3) is 0 Å². The molecule has 2 aromatic heterocycles. The summed E-state index contributed by atoms with van der Waals surface area (Å²) in [6, 6.07) is 4.13. The first kappa shape index (κ1) is 19.3. The lowest BCUT2D eigenvalue weighted by atomic mass is 10.2. The number of hydrogen-bond acceptors (Lipinski definition) is 5. The topological polar surface area (TPSA) is 99.8 Å². The summed E-state index contributed by atoms with van der Waals surface area (Å²) in [4.78, 5) is 29.4. The number of carbonyl (C=O) groups excluding carboxylic acids is 2. The van der Waals surface area contributed by atoms with Gasteiger partial charge in [0.15, 0.2) is 5.69 Å². The third-order valence-electron chi connectivity index (χ3n) is 5.01. The number of amides is 2. The molecule has 4 rings (SSSR count). The Balaban J connectivity index is 1.43. The van der Waals surface area contributed by atoms with Gasteiger partial charge >= 0.3 is 0 Å². The van der Waals surface area contributed by atoms with Crippen LogP contribution < -0.4 is 10.6 Å². The lowest BCUT2D eigenvalue weighted by Crippen LogP contribution is -2.27. The minimum atomic E-state index is -0.426. The van der Waals surface area contributed by atoms with Crippen molar-refractivity contribution in [3.05, 3.63) is 62.6 Å². The largest absolute Gasteiger partial charge is 0.342 e. The molecule has 7 nitrogen and oxygen atoms in total. The van der Waals surface area contributed by atoms with Gasteiger partial charge in [-0.2, -0.15) is 5.10 Å². The Morgan fingerprint density at radius 2 is 2.10 bits per heavy atom. The van der Waals surface area contributed by atoms with Crippen LogP contribution in [0, 0.1) is 12.7 Å². The molecule has 2 amide bonds. The Bertz CT molecular complexity index is 1090. The normalized spacial score (nSPS) is 13.8. The first-order valence-corrected chi connectivity index (χ1v) is 10.2. The highest BCUT2D eigenvalue weighted by molar-refractivity contribution is 7.09. The number of nitrogens with zero attached hydrogens (tertiary/aromatic N) is 2. The molecular weight excluding hydrogens is 393 g/mol. The third-order valence-corrected chi connectivity index (χ3v) is 6.04. The predicted octanol–water partition coefficient (Wildman–Crippen LogP) is 3.55. The minimum absolute atomic E-state index is 0.218. The Kier molecular flexibility index (Phi) is 5.14. The Morgan fingerprint density at radius 1 is 1.28 bits per heavy atom. The van der Waals surface area contributed by atoms with Crippen molar-refractivity contribution in [1.29, 1.82) is 0 Å². The van der Waals surface area contributed by atoms with Crippen LogP contribution in [0.5, 0.6) is 0 Å². The summed E-state index contributed by atoms with van der Waals surface area (Å²) in [5.74, 6) is -1.07. The average molecular weight is 413 g/mol. The van der Waals surface area contributed by atoms with Crippen molar-refractivity contribution in [1.82, 2.24) is 20.5 Å². The van der Waals surface area contributed by atoms with Crippen molar-refractivity contribution in [2.24, 2.45) is 0 Å². The summed E-state index contributed by atoms with van der Waals surface area (Å²) < 4.78 is 13.7. The van der Waals surface area contributed by atoms with Gasteiger partial charge in [-0.25, -0.2) is 9.37 Å². The lowest BCUT2D eigenvalue weighted by Gasteiger charge is -2.10. The van der Waals surface area contributed by atoms with E-state index in [1.165, 1.54) is 23.5 Å². The number of fused-ring (bicyclic) bond motifs is 1. The van der Waals surface area contributed by atoms with Crippen molar-refractivity contribution < 1.29 is 14.0 Å². The van der Waals surface area contributed by atoms with E-state index in [9.17, 15) is 14.0 Å². The molecule has 3 aromatic rings. The second kappa shape index (κ2) is 7.75. The molecule has 0 spiro atoms. The number of rotatable bonds is 5. The SMILES string of the molecule is Cc1c(F)cccc1NC(=O)c1csc([C@@H](C)NC(=O)c2n[nH]c3c2CCC3)n1. The van der Waals surface area contributed by atoms with Crippen LogP contribution in [0.15, 0.2) is 23.6 Å². The number of benzene rings is 1. The van der Waals surface area contributed by atoms with Gasteiger partial charge in [0.05, 0.1) is 6.04 Å². The molecule has 1 aliphatic carbocycles. The van der Waals surface area contributed by atoms with E-state index in [0.29, 0.717) is 22.0 Å². The number of thiazole rings is 1. The van der Waals surface area contributed by atoms with Crippen molar-refractivity contribution >= 4 is 28.8 Å². The fourth-order valence-corrected chi connectivity index (χ4v) is 4.16. The van der Waals surface area contributed by atoms with Gasteiger partial charge in [0.1, 0.15) is 16.5 Å². The molecule has 0 saturated heterocycles. The van der Waals surface area contributed by atoms with E-state index in [0.717, 1.165) is 30.5 Å². The van der Waals surface area contributed by atoms with Gasteiger partial charge in [-0.15, -0.1) is 11.3 Å². The number of aromatic nitrogens is 3. The number of aryl methyl sites for hydroxylation is 1. The van der Waals surface area contributed by atoms with Gasteiger partial charge in [0.25, 0.3) is 11.8 Å². The molecule has 0 radical (unpaired) electrons. The van der Waals surface area contributed by atoms with Crippen LogP contribution in [0.4, 0.5) is 10.1 Å². The number of nitrogens with one attached hydrogen (secondary N) is 3. The lowest BCUT2D eigenvalue weighted by molar-refractivity contribution is 0.0933. The number of hydrogen-bond donors (Lipinski definition) is 3. The zero-order valence-corrected chi connectivity index (χ0v) is 16.8. The fourth-order valence-electron chi connectivity index (χ4n) is 3.35. The standard InChI is InChI=1S/C20H20FN5O2S/c1-10-13(21)6-4-7-14(10)23-18(27)16-9-29-20(24-16)11(2)22-19(28)17-12-5-3-8-15(12)25-26-17/h4,6-7,9,11H,3,5,8H2,1-2H3,(H,22,28)(H,23,27)(H,25,26)/t11-/m1/s1. The van der Waals surface area contributed by atoms with Gasteiger partial charge < -0.3 is 10.6 Å². The third kappa shape index (κ3) is 3.77. The Labute approximate surface area is 170 Å². The summed E-state index contributed by atoms with van der Waals surface area (Å²) in [7, 11) is 0. The summed E-state index contributed by atoms with van der Waals surface area (Å²) in [6.07, 6.45) is 2.79. The molecule has 1 aromatic carbocycles. The van der Waals surface area contributed by atoms with E-state index in [4.69, 9.17) is 0 Å². The maximum absolute atomic E-state index is 13.7. The van der Waals surface area contributed by atoms with Crippen molar-refractivity contribution in [3.8, 4) is 0 Å². The fraction of sp³-hybridized carbons (Fsp3) is 0.300. The molecule has 1 aliphatic rings. The van der Waals surface area contributed by atoms with Crippen molar-refractivity contribution in [2.75, 3.05) is 5.32 Å². The summed E-state index contributed by atoms with van der Waals surface area (Å²) >= 11 is 1.28. The molecule has 3 N–H and O–H groups in total. The second-order valence-corrected chi connectivity index (χ2v) is 7.91. The van der Waals surface area contributed by atoms with Crippen LogP contribution in [-0.2, 0) is 12.8 Å². The van der Waals surface area contributed by atoms with E-state index in [1.54, 1.807) is 18.4 Å². The van der Waals surface area contributed by atoms with Gasteiger partial charge in [0, 0.05) is 27.9 Å². The number of anilines is 1. The van der Waals surface area contributed by atoms with E-state index in [1.807, 2.05) is 6.92 Å². The molecule has 9 heteroatoms. The molecule has 29 heavy (non-hydrogen) atoms. The predicted molar refractivity (Wildman–Crippen MR) is 108 cm³/mol. The molecule has 1 atom stereocenters. The zero-order chi connectivity index (χ0) is 20.5. The molecule has 150 valence electrons. The first-order chi connectivity index (χ1) is 13.9.